The highest BCUT2D eigenvalue weighted by atomic mass is 32.1. The van der Waals surface area contributed by atoms with Crippen LogP contribution in [-0.2, 0) is 11.2 Å². The Hall–Kier alpha value is -2.77. The van der Waals surface area contributed by atoms with E-state index in [9.17, 15) is 4.79 Å². The van der Waals surface area contributed by atoms with Gasteiger partial charge in [-0.05, 0) is 35.7 Å². The van der Waals surface area contributed by atoms with Crippen LogP contribution in [0.25, 0.3) is 11.3 Å². The highest BCUT2D eigenvalue weighted by Gasteiger charge is 2.18. The summed E-state index contributed by atoms with van der Waals surface area (Å²) in [6.07, 6.45) is 0.403. The fourth-order valence-corrected chi connectivity index (χ4v) is 3.97. The molecule has 0 aliphatic carbocycles. The van der Waals surface area contributed by atoms with E-state index in [0.29, 0.717) is 6.42 Å². The van der Waals surface area contributed by atoms with Gasteiger partial charge in [0.25, 0.3) is 0 Å². The summed E-state index contributed by atoms with van der Waals surface area (Å²) in [5, 5.41) is 13.7. The second-order valence-electron chi connectivity index (χ2n) is 7.10. The number of amides is 1. The van der Waals surface area contributed by atoms with Gasteiger partial charge in [0.2, 0.25) is 5.91 Å². The molecule has 1 aliphatic rings. The van der Waals surface area contributed by atoms with E-state index < -0.39 is 0 Å². The van der Waals surface area contributed by atoms with Crippen molar-refractivity contribution in [1.29, 1.82) is 0 Å². The van der Waals surface area contributed by atoms with Crippen LogP contribution in [0.4, 0.5) is 11.5 Å². The van der Waals surface area contributed by atoms with Crippen molar-refractivity contribution in [3.63, 3.8) is 0 Å². The van der Waals surface area contributed by atoms with Gasteiger partial charge < -0.3 is 15.1 Å². The SMILES string of the molecule is C[NH+]1CCN(c2ccc(-c3ccc(NC(=O)Cc4cccs4)cc3)nn2)CC1. The average Bonchev–Trinajstić information content (AvgIpc) is 3.22. The first-order valence-corrected chi connectivity index (χ1v) is 10.4. The highest BCUT2D eigenvalue weighted by Crippen LogP contribution is 2.21. The fraction of sp³-hybridized carbons (Fsp3) is 0.286. The summed E-state index contributed by atoms with van der Waals surface area (Å²) in [7, 11) is 2.22. The summed E-state index contributed by atoms with van der Waals surface area (Å²) in [5.41, 5.74) is 2.60. The highest BCUT2D eigenvalue weighted by molar-refractivity contribution is 7.10. The first-order valence-electron chi connectivity index (χ1n) is 9.50. The number of rotatable bonds is 5. The van der Waals surface area contributed by atoms with Crippen LogP contribution in [0.3, 0.4) is 0 Å². The Kier molecular flexibility index (Phi) is 5.64. The maximum absolute atomic E-state index is 12.1. The lowest BCUT2D eigenvalue weighted by molar-refractivity contribution is -0.880. The number of thiophene rings is 1. The summed E-state index contributed by atoms with van der Waals surface area (Å²) in [5.74, 6) is 0.932. The molecule has 4 rings (SSSR count). The number of nitrogens with zero attached hydrogens (tertiary/aromatic N) is 3. The van der Waals surface area contributed by atoms with Crippen molar-refractivity contribution in [2.24, 2.45) is 0 Å². The van der Waals surface area contributed by atoms with E-state index in [4.69, 9.17) is 0 Å². The number of aromatic nitrogens is 2. The van der Waals surface area contributed by atoms with Crippen LogP contribution in [0, 0.1) is 0 Å². The van der Waals surface area contributed by atoms with Crippen LogP contribution in [0.15, 0.2) is 53.9 Å². The zero-order valence-electron chi connectivity index (χ0n) is 15.9. The molecule has 2 aromatic heterocycles. The smallest absolute Gasteiger partial charge is 0.229 e. The van der Waals surface area contributed by atoms with Gasteiger partial charge in [0.05, 0.1) is 45.3 Å². The first-order chi connectivity index (χ1) is 13.7. The maximum atomic E-state index is 12.1. The molecule has 6 nitrogen and oxygen atoms in total. The maximum Gasteiger partial charge on any atom is 0.229 e. The van der Waals surface area contributed by atoms with E-state index in [1.165, 1.54) is 0 Å². The van der Waals surface area contributed by atoms with Gasteiger partial charge in [-0.25, -0.2) is 0 Å². The number of nitrogens with one attached hydrogen (secondary N) is 2. The standard InChI is InChI=1S/C21H23N5OS/c1-25-10-12-26(13-11-25)20-9-8-19(23-24-20)16-4-6-17(7-5-16)22-21(27)15-18-3-2-14-28-18/h2-9,14H,10-13,15H2,1H3,(H,22,27)/p+1. The Morgan fingerprint density at radius 1 is 1.11 bits per heavy atom. The van der Waals surface area contributed by atoms with Crippen LogP contribution < -0.4 is 15.1 Å². The van der Waals surface area contributed by atoms with Gasteiger partial charge in [-0.2, -0.15) is 0 Å². The third kappa shape index (κ3) is 4.55. The summed E-state index contributed by atoms with van der Waals surface area (Å²) in [6.45, 7) is 4.28. The normalized spacial score (nSPS) is 14.8. The summed E-state index contributed by atoms with van der Waals surface area (Å²) < 4.78 is 0. The number of anilines is 2. The zero-order valence-corrected chi connectivity index (χ0v) is 16.7. The molecular formula is C21H24N5OS+. The van der Waals surface area contributed by atoms with Crippen LogP contribution in [0.2, 0.25) is 0 Å². The minimum atomic E-state index is -0.00615. The molecule has 0 bridgehead atoms. The van der Waals surface area contributed by atoms with Crippen molar-refractivity contribution in [2.75, 3.05) is 43.4 Å². The number of piperazine rings is 1. The molecule has 2 N–H and O–H groups in total. The lowest BCUT2D eigenvalue weighted by Crippen LogP contribution is -3.12. The van der Waals surface area contributed by atoms with Gasteiger partial charge in [0.15, 0.2) is 5.82 Å². The Balaban J connectivity index is 1.37. The van der Waals surface area contributed by atoms with E-state index in [-0.39, 0.29) is 5.91 Å². The number of carbonyl (C=O) groups is 1. The number of quaternary nitrogens is 1. The Labute approximate surface area is 168 Å². The molecule has 28 heavy (non-hydrogen) atoms. The lowest BCUT2D eigenvalue weighted by atomic mass is 10.1. The van der Waals surface area contributed by atoms with Gasteiger partial charge in [0, 0.05) is 16.1 Å². The Morgan fingerprint density at radius 2 is 1.89 bits per heavy atom. The fourth-order valence-electron chi connectivity index (χ4n) is 3.27. The molecule has 144 valence electrons. The van der Waals surface area contributed by atoms with Gasteiger partial charge in [0.1, 0.15) is 0 Å². The van der Waals surface area contributed by atoms with Gasteiger partial charge in [-0.15, -0.1) is 21.5 Å². The molecule has 0 saturated carbocycles. The van der Waals surface area contributed by atoms with Crippen molar-refractivity contribution < 1.29 is 9.69 Å². The van der Waals surface area contributed by atoms with Crippen LogP contribution in [0.5, 0.6) is 0 Å². The lowest BCUT2D eigenvalue weighted by Gasteiger charge is -2.30. The third-order valence-electron chi connectivity index (χ3n) is 4.97. The van der Waals surface area contributed by atoms with Crippen molar-refractivity contribution in [2.45, 2.75) is 6.42 Å². The molecular weight excluding hydrogens is 370 g/mol. The third-order valence-corrected chi connectivity index (χ3v) is 5.85. The second kappa shape index (κ2) is 8.50. The number of benzene rings is 1. The van der Waals surface area contributed by atoms with Gasteiger partial charge >= 0.3 is 0 Å². The minimum absolute atomic E-state index is 0.00615. The summed E-state index contributed by atoms with van der Waals surface area (Å²) >= 11 is 1.59. The molecule has 1 amide bonds. The Morgan fingerprint density at radius 3 is 2.54 bits per heavy atom. The quantitative estimate of drug-likeness (QED) is 0.692. The topological polar surface area (TPSA) is 62.6 Å². The number of carbonyl (C=O) groups excluding carboxylic acids is 1. The number of hydrogen-bond donors (Lipinski definition) is 2. The monoisotopic (exact) mass is 394 g/mol. The predicted octanol–water partition coefficient (Wildman–Crippen LogP) is 1.72. The summed E-state index contributed by atoms with van der Waals surface area (Å²) in [4.78, 5) is 17.0. The van der Waals surface area contributed by atoms with E-state index in [0.717, 1.165) is 53.8 Å². The molecule has 0 radical (unpaired) electrons. The molecule has 1 fully saturated rings. The van der Waals surface area contributed by atoms with Crippen LogP contribution in [-0.4, -0.2) is 49.3 Å². The summed E-state index contributed by atoms with van der Waals surface area (Å²) in [6, 6.07) is 15.7. The molecule has 7 heteroatoms. The van der Waals surface area contributed by atoms with E-state index in [2.05, 4.69) is 27.5 Å². The van der Waals surface area contributed by atoms with E-state index in [1.54, 1.807) is 16.2 Å². The molecule has 3 heterocycles. The molecule has 1 aromatic carbocycles. The minimum Gasteiger partial charge on any atom is -0.344 e. The predicted molar refractivity (Wildman–Crippen MR) is 113 cm³/mol. The van der Waals surface area contributed by atoms with E-state index >= 15 is 0 Å². The van der Waals surface area contributed by atoms with Gasteiger partial charge in [-0.3, -0.25) is 4.79 Å². The Bertz CT molecular complexity index is 901. The van der Waals surface area contributed by atoms with Crippen molar-refractivity contribution in [1.82, 2.24) is 10.2 Å². The van der Waals surface area contributed by atoms with Crippen molar-refractivity contribution >= 4 is 28.7 Å². The largest absolute Gasteiger partial charge is 0.344 e. The van der Waals surface area contributed by atoms with Gasteiger partial charge in [-0.1, -0.05) is 18.2 Å². The average molecular weight is 395 g/mol. The van der Waals surface area contributed by atoms with Crippen LogP contribution >= 0.6 is 11.3 Å². The molecule has 0 unspecified atom stereocenters. The van der Waals surface area contributed by atoms with Crippen molar-refractivity contribution in [3.05, 3.63) is 58.8 Å². The molecule has 1 aliphatic heterocycles. The molecule has 0 spiro atoms. The first kappa shape index (κ1) is 18.6. The van der Waals surface area contributed by atoms with E-state index in [1.807, 2.05) is 53.9 Å². The molecule has 3 aromatic rings. The van der Waals surface area contributed by atoms with Crippen molar-refractivity contribution in [3.8, 4) is 11.3 Å². The van der Waals surface area contributed by atoms with Crippen LogP contribution in [0.1, 0.15) is 4.88 Å². The second-order valence-corrected chi connectivity index (χ2v) is 8.13. The molecule has 0 atom stereocenters. The molecule has 1 saturated heterocycles. The zero-order chi connectivity index (χ0) is 19.3. The number of likely N-dealkylation sites (N-methyl/N-ethyl adjacent to an activating group) is 1. The number of hydrogen-bond acceptors (Lipinski definition) is 5.